The lowest BCUT2D eigenvalue weighted by Gasteiger charge is -2.37. The zero-order valence-corrected chi connectivity index (χ0v) is 11.6. The van der Waals surface area contributed by atoms with Crippen molar-refractivity contribution in [3.8, 4) is 0 Å². The SMILES string of the molecule is CC(C)(C)C1CCC(CNC(CO)CO)CC1. The molecule has 17 heavy (non-hydrogen) atoms. The van der Waals surface area contributed by atoms with E-state index < -0.39 is 0 Å². The summed E-state index contributed by atoms with van der Waals surface area (Å²) in [6.07, 6.45) is 5.19. The van der Waals surface area contributed by atoms with Gasteiger partial charge in [-0.1, -0.05) is 20.8 Å². The monoisotopic (exact) mass is 243 g/mol. The molecule has 0 atom stereocenters. The second-order valence-corrected chi connectivity index (χ2v) is 6.55. The Morgan fingerprint density at radius 3 is 2.00 bits per heavy atom. The van der Waals surface area contributed by atoms with E-state index in [2.05, 4.69) is 26.1 Å². The lowest BCUT2D eigenvalue weighted by Crippen LogP contribution is -2.40. The highest BCUT2D eigenvalue weighted by molar-refractivity contribution is 4.81. The smallest absolute Gasteiger partial charge is 0.0607 e. The summed E-state index contributed by atoms with van der Waals surface area (Å²) in [4.78, 5) is 0. The summed E-state index contributed by atoms with van der Waals surface area (Å²) in [6, 6.07) is -0.143. The van der Waals surface area contributed by atoms with E-state index in [1.54, 1.807) is 0 Å². The second-order valence-electron chi connectivity index (χ2n) is 6.55. The van der Waals surface area contributed by atoms with Gasteiger partial charge >= 0.3 is 0 Å². The van der Waals surface area contributed by atoms with Crippen LogP contribution in [0.25, 0.3) is 0 Å². The Kier molecular flexibility index (Phi) is 5.90. The van der Waals surface area contributed by atoms with Crippen LogP contribution in [-0.2, 0) is 0 Å². The molecule has 0 aromatic rings. The minimum Gasteiger partial charge on any atom is -0.395 e. The van der Waals surface area contributed by atoms with Crippen molar-refractivity contribution in [1.82, 2.24) is 5.32 Å². The topological polar surface area (TPSA) is 52.5 Å². The summed E-state index contributed by atoms with van der Waals surface area (Å²) in [5, 5.41) is 21.2. The van der Waals surface area contributed by atoms with E-state index in [1.807, 2.05) is 0 Å². The van der Waals surface area contributed by atoms with Crippen LogP contribution < -0.4 is 5.32 Å². The van der Waals surface area contributed by atoms with Gasteiger partial charge in [0.15, 0.2) is 0 Å². The predicted octanol–water partition coefficient (Wildman–Crippen LogP) is 1.78. The first kappa shape index (κ1) is 14.9. The molecule has 3 N–H and O–H groups in total. The molecule has 3 nitrogen and oxygen atoms in total. The first-order valence-corrected chi connectivity index (χ1v) is 6.92. The maximum Gasteiger partial charge on any atom is 0.0607 e. The molecule has 0 aromatic carbocycles. The van der Waals surface area contributed by atoms with Gasteiger partial charge in [0.05, 0.1) is 19.3 Å². The van der Waals surface area contributed by atoms with Crippen molar-refractivity contribution in [1.29, 1.82) is 0 Å². The zero-order chi connectivity index (χ0) is 12.9. The Bertz CT molecular complexity index is 201. The lowest BCUT2D eigenvalue weighted by atomic mass is 9.70. The highest BCUT2D eigenvalue weighted by Gasteiger charge is 2.29. The predicted molar refractivity (Wildman–Crippen MR) is 70.9 cm³/mol. The van der Waals surface area contributed by atoms with E-state index in [4.69, 9.17) is 10.2 Å². The highest BCUT2D eigenvalue weighted by atomic mass is 16.3. The van der Waals surface area contributed by atoms with Crippen LogP contribution in [0.5, 0.6) is 0 Å². The molecule has 0 amide bonds. The number of hydrogen-bond donors (Lipinski definition) is 3. The molecule has 0 unspecified atom stereocenters. The molecule has 0 radical (unpaired) electrons. The van der Waals surface area contributed by atoms with Crippen molar-refractivity contribution < 1.29 is 10.2 Å². The van der Waals surface area contributed by atoms with Gasteiger partial charge in [0.1, 0.15) is 0 Å². The van der Waals surface area contributed by atoms with Crippen molar-refractivity contribution in [2.75, 3.05) is 19.8 Å². The molecule has 1 aliphatic rings. The minimum atomic E-state index is -0.143. The van der Waals surface area contributed by atoms with Crippen molar-refractivity contribution in [2.45, 2.75) is 52.5 Å². The van der Waals surface area contributed by atoms with Crippen molar-refractivity contribution in [2.24, 2.45) is 17.3 Å². The van der Waals surface area contributed by atoms with Crippen LogP contribution >= 0.6 is 0 Å². The molecule has 102 valence electrons. The number of hydrogen-bond acceptors (Lipinski definition) is 3. The summed E-state index contributed by atoms with van der Waals surface area (Å²) < 4.78 is 0. The molecule has 0 spiro atoms. The van der Waals surface area contributed by atoms with Gasteiger partial charge in [0.25, 0.3) is 0 Å². The molecule has 0 bridgehead atoms. The van der Waals surface area contributed by atoms with E-state index in [9.17, 15) is 0 Å². The molecule has 1 fully saturated rings. The molecule has 0 aliphatic heterocycles. The number of aliphatic hydroxyl groups is 2. The van der Waals surface area contributed by atoms with Crippen molar-refractivity contribution in [3.63, 3.8) is 0 Å². The molecular formula is C14H29NO2. The van der Waals surface area contributed by atoms with E-state index in [1.165, 1.54) is 25.7 Å². The van der Waals surface area contributed by atoms with Crippen LogP contribution in [0.4, 0.5) is 0 Å². The molecule has 3 heteroatoms. The molecule has 1 saturated carbocycles. The molecule has 1 aliphatic carbocycles. The average Bonchev–Trinajstić information content (AvgIpc) is 2.30. The van der Waals surface area contributed by atoms with Gasteiger partial charge in [-0.05, 0) is 49.5 Å². The van der Waals surface area contributed by atoms with Crippen LogP contribution in [0.3, 0.4) is 0 Å². The standard InChI is InChI=1S/C14H29NO2/c1-14(2,3)12-6-4-11(5-7-12)8-15-13(9-16)10-17/h11-13,15-17H,4-10H2,1-3H3. The summed E-state index contributed by atoms with van der Waals surface area (Å²) >= 11 is 0. The van der Waals surface area contributed by atoms with Gasteiger partial charge in [0.2, 0.25) is 0 Å². The Labute approximate surface area is 106 Å². The largest absolute Gasteiger partial charge is 0.395 e. The first-order valence-electron chi connectivity index (χ1n) is 6.92. The number of aliphatic hydroxyl groups excluding tert-OH is 2. The second kappa shape index (κ2) is 6.72. The first-order chi connectivity index (χ1) is 7.97. The maximum atomic E-state index is 8.98. The van der Waals surface area contributed by atoms with Crippen LogP contribution in [0.1, 0.15) is 46.5 Å². The van der Waals surface area contributed by atoms with Gasteiger partial charge in [-0.15, -0.1) is 0 Å². The van der Waals surface area contributed by atoms with Crippen LogP contribution in [0, 0.1) is 17.3 Å². The third-order valence-corrected chi connectivity index (χ3v) is 4.21. The quantitative estimate of drug-likeness (QED) is 0.690. The third kappa shape index (κ3) is 4.94. The normalized spacial score (nSPS) is 26.5. The minimum absolute atomic E-state index is 0.0217. The average molecular weight is 243 g/mol. The summed E-state index contributed by atoms with van der Waals surface area (Å²) in [5.74, 6) is 1.57. The zero-order valence-electron chi connectivity index (χ0n) is 11.6. The van der Waals surface area contributed by atoms with E-state index >= 15 is 0 Å². The van der Waals surface area contributed by atoms with Gasteiger partial charge in [-0.3, -0.25) is 0 Å². The van der Waals surface area contributed by atoms with E-state index in [0.29, 0.717) is 11.3 Å². The Morgan fingerprint density at radius 1 is 1.06 bits per heavy atom. The summed E-state index contributed by atoms with van der Waals surface area (Å²) in [7, 11) is 0. The van der Waals surface area contributed by atoms with Gasteiger partial charge in [-0.25, -0.2) is 0 Å². The number of nitrogens with one attached hydrogen (secondary N) is 1. The summed E-state index contributed by atoms with van der Waals surface area (Å²) in [5.41, 5.74) is 0.442. The fourth-order valence-corrected chi connectivity index (χ4v) is 2.75. The van der Waals surface area contributed by atoms with Crippen LogP contribution in [0.2, 0.25) is 0 Å². The summed E-state index contributed by atoms with van der Waals surface area (Å²) in [6.45, 7) is 7.99. The maximum absolute atomic E-state index is 8.98. The van der Waals surface area contributed by atoms with Gasteiger partial charge < -0.3 is 15.5 Å². The van der Waals surface area contributed by atoms with Crippen molar-refractivity contribution >= 4 is 0 Å². The molecule has 1 rings (SSSR count). The highest BCUT2D eigenvalue weighted by Crippen LogP contribution is 2.39. The fraction of sp³-hybridized carbons (Fsp3) is 1.00. The Hall–Kier alpha value is -0.120. The van der Waals surface area contributed by atoms with Crippen LogP contribution in [0.15, 0.2) is 0 Å². The Morgan fingerprint density at radius 2 is 1.59 bits per heavy atom. The van der Waals surface area contributed by atoms with E-state index in [-0.39, 0.29) is 19.3 Å². The van der Waals surface area contributed by atoms with Gasteiger partial charge in [0, 0.05) is 0 Å². The van der Waals surface area contributed by atoms with Gasteiger partial charge in [-0.2, -0.15) is 0 Å². The van der Waals surface area contributed by atoms with Crippen LogP contribution in [-0.4, -0.2) is 36.0 Å². The lowest BCUT2D eigenvalue weighted by molar-refractivity contribution is 0.135. The fourth-order valence-electron chi connectivity index (χ4n) is 2.75. The van der Waals surface area contributed by atoms with Crippen molar-refractivity contribution in [3.05, 3.63) is 0 Å². The number of rotatable bonds is 5. The van der Waals surface area contributed by atoms with E-state index in [0.717, 1.165) is 12.5 Å². The third-order valence-electron chi connectivity index (χ3n) is 4.21. The molecule has 0 aromatic heterocycles. The molecule has 0 heterocycles. The molecular weight excluding hydrogens is 214 g/mol. The molecule has 0 saturated heterocycles. The Balaban J connectivity index is 2.23.